The molecule has 1 aliphatic heterocycles. The molecule has 1 aromatic carbocycles. The summed E-state index contributed by atoms with van der Waals surface area (Å²) in [6.07, 6.45) is 1.04. The monoisotopic (exact) mass is 342 g/mol. The predicted molar refractivity (Wildman–Crippen MR) is 91.5 cm³/mol. The molecule has 0 saturated carbocycles. The molecule has 0 bridgehead atoms. The molecule has 1 aliphatic rings. The molecule has 1 saturated heterocycles. The molecule has 2 rings (SSSR count). The van der Waals surface area contributed by atoms with E-state index >= 15 is 0 Å². The second-order valence-electron chi connectivity index (χ2n) is 5.82. The van der Waals surface area contributed by atoms with E-state index in [9.17, 15) is 9.00 Å². The van der Waals surface area contributed by atoms with E-state index in [2.05, 4.69) is 24.0 Å². The maximum atomic E-state index is 12.1. The normalized spacial score (nSPS) is 24.1. The fourth-order valence-electron chi connectivity index (χ4n) is 3.17. The van der Waals surface area contributed by atoms with E-state index in [1.54, 1.807) is 0 Å². The van der Waals surface area contributed by atoms with Crippen LogP contribution in [0.3, 0.4) is 0 Å². The van der Waals surface area contributed by atoms with E-state index in [0.717, 1.165) is 31.1 Å². The van der Waals surface area contributed by atoms with Crippen LogP contribution in [0.4, 0.5) is 0 Å². The number of nitrogens with zero attached hydrogens (tertiary/aromatic N) is 1. The Morgan fingerprint density at radius 2 is 2.09 bits per heavy atom. The molecule has 0 radical (unpaired) electrons. The van der Waals surface area contributed by atoms with Crippen molar-refractivity contribution in [1.29, 1.82) is 0 Å². The van der Waals surface area contributed by atoms with Crippen molar-refractivity contribution < 1.29 is 9.00 Å². The van der Waals surface area contributed by atoms with E-state index in [-0.39, 0.29) is 11.7 Å². The minimum Gasteiger partial charge on any atom is -0.369 e. The van der Waals surface area contributed by atoms with Crippen molar-refractivity contribution in [1.82, 2.24) is 4.90 Å². The number of rotatable bonds is 6. The van der Waals surface area contributed by atoms with Crippen molar-refractivity contribution in [2.75, 3.05) is 31.1 Å². The van der Waals surface area contributed by atoms with Crippen LogP contribution in [0, 0.1) is 5.92 Å². The van der Waals surface area contributed by atoms with Gasteiger partial charge >= 0.3 is 0 Å². The van der Waals surface area contributed by atoms with Gasteiger partial charge in [0.2, 0.25) is 5.91 Å². The summed E-state index contributed by atoms with van der Waals surface area (Å²) in [6, 6.07) is 7.91. The molecule has 122 valence electrons. The lowest BCUT2D eigenvalue weighted by atomic mass is 9.81. The van der Waals surface area contributed by atoms with Gasteiger partial charge in [0, 0.05) is 28.1 Å². The molecular weight excluding hydrogens is 320 g/mol. The maximum Gasteiger partial charge on any atom is 0.230 e. The summed E-state index contributed by atoms with van der Waals surface area (Å²) in [5, 5.41) is 0.726. The topological polar surface area (TPSA) is 63.4 Å². The average Bonchev–Trinajstić information content (AvgIpc) is 2.47. The third kappa shape index (κ3) is 4.80. The third-order valence-electron chi connectivity index (χ3n) is 4.27. The lowest BCUT2D eigenvalue weighted by Crippen LogP contribution is -2.42. The third-order valence-corrected chi connectivity index (χ3v) is 5.93. The zero-order valence-electron chi connectivity index (χ0n) is 12.8. The first-order chi connectivity index (χ1) is 10.5. The first kappa shape index (κ1) is 17.4. The van der Waals surface area contributed by atoms with Gasteiger partial charge in [0.05, 0.1) is 0 Å². The summed E-state index contributed by atoms with van der Waals surface area (Å²) < 4.78 is 12.1. The summed E-state index contributed by atoms with van der Waals surface area (Å²) >= 11 is 5.97. The highest BCUT2D eigenvalue weighted by molar-refractivity contribution is 7.85. The van der Waals surface area contributed by atoms with E-state index in [1.807, 2.05) is 12.1 Å². The van der Waals surface area contributed by atoms with Gasteiger partial charge in [0.15, 0.2) is 0 Å². The van der Waals surface area contributed by atoms with Crippen LogP contribution in [0.2, 0.25) is 5.02 Å². The standard InChI is InChI=1S/C16H23ClN2O2S/c1-2-19-8-7-15(12-3-5-14(17)6-4-12)13(9-19)10-22(21)11-16(18)20/h3-6,13,15H,2,7-11H2,1H3,(H2,18,20)/t13-,15-,22?/m1/s1. The molecule has 1 aromatic rings. The van der Waals surface area contributed by atoms with Crippen LogP contribution in [-0.2, 0) is 15.6 Å². The van der Waals surface area contributed by atoms with Gasteiger partial charge in [-0.3, -0.25) is 9.00 Å². The number of piperidine rings is 1. The van der Waals surface area contributed by atoms with Crippen LogP contribution < -0.4 is 5.73 Å². The highest BCUT2D eigenvalue weighted by atomic mass is 35.5. The quantitative estimate of drug-likeness (QED) is 0.860. The molecule has 1 amide bonds. The number of likely N-dealkylation sites (tertiary alicyclic amines) is 1. The van der Waals surface area contributed by atoms with Gasteiger partial charge in [-0.1, -0.05) is 30.7 Å². The van der Waals surface area contributed by atoms with Gasteiger partial charge in [0.1, 0.15) is 5.75 Å². The number of carbonyl (C=O) groups excluding carboxylic acids is 1. The molecule has 4 nitrogen and oxygen atoms in total. The number of halogens is 1. The summed E-state index contributed by atoms with van der Waals surface area (Å²) in [7, 11) is -1.19. The Morgan fingerprint density at radius 1 is 1.41 bits per heavy atom. The lowest BCUT2D eigenvalue weighted by Gasteiger charge is -2.38. The number of benzene rings is 1. The number of nitrogens with two attached hydrogens (primary N) is 1. The van der Waals surface area contributed by atoms with Gasteiger partial charge in [-0.2, -0.15) is 0 Å². The summed E-state index contributed by atoms with van der Waals surface area (Å²) in [5.74, 6) is 0.611. The molecule has 1 unspecified atom stereocenters. The zero-order valence-corrected chi connectivity index (χ0v) is 14.4. The highest BCUT2D eigenvalue weighted by Gasteiger charge is 2.31. The molecule has 0 spiro atoms. The Hall–Kier alpha value is -0.910. The molecule has 3 atom stereocenters. The van der Waals surface area contributed by atoms with Crippen molar-refractivity contribution in [3.05, 3.63) is 34.9 Å². The average molecular weight is 343 g/mol. The van der Waals surface area contributed by atoms with Crippen LogP contribution in [0.15, 0.2) is 24.3 Å². The van der Waals surface area contributed by atoms with E-state index in [0.29, 0.717) is 11.7 Å². The fraction of sp³-hybridized carbons (Fsp3) is 0.562. The lowest BCUT2D eigenvalue weighted by molar-refractivity contribution is -0.115. The summed E-state index contributed by atoms with van der Waals surface area (Å²) in [6.45, 7) is 5.09. The minimum absolute atomic E-state index is 0.0457. The molecule has 0 aromatic heterocycles. The van der Waals surface area contributed by atoms with Crippen molar-refractivity contribution in [2.45, 2.75) is 19.3 Å². The smallest absolute Gasteiger partial charge is 0.230 e. The number of amides is 1. The van der Waals surface area contributed by atoms with Gasteiger partial charge in [-0.25, -0.2) is 0 Å². The number of carbonyl (C=O) groups is 1. The molecule has 1 fully saturated rings. The van der Waals surface area contributed by atoms with Crippen molar-refractivity contribution >= 4 is 28.3 Å². The summed E-state index contributed by atoms with van der Waals surface area (Å²) in [4.78, 5) is 13.3. The van der Waals surface area contributed by atoms with Crippen LogP contribution in [0.25, 0.3) is 0 Å². The van der Waals surface area contributed by atoms with Crippen LogP contribution in [0.1, 0.15) is 24.8 Å². The SMILES string of the molecule is CCN1CC[C@H](c2ccc(Cl)cc2)[C@@H](CS(=O)CC(N)=O)C1. The first-order valence-electron chi connectivity index (χ1n) is 7.60. The van der Waals surface area contributed by atoms with Gasteiger partial charge in [-0.05, 0) is 49.0 Å². The first-order valence-corrected chi connectivity index (χ1v) is 9.47. The molecule has 2 N–H and O–H groups in total. The van der Waals surface area contributed by atoms with Gasteiger partial charge < -0.3 is 10.6 Å². The Kier molecular flexibility index (Phi) is 6.41. The molecule has 22 heavy (non-hydrogen) atoms. The minimum atomic E-state index is -1.19. The van der Waals surface area contributed by atoms with Crippen molar-refractivity contribution in [2.24, 2.45) is 11.7 Å². The van der Waals surface area contributed by atoms with Crippen LogP contribution in [-0.4, -0.2) is 46.2 Å². The second kappa shape index (κ2) is 8.09. The fourth-order valence-corrected chi connectivity index (χ4v) is 4.55. The van der Waals surface area contributed by atoms with E-state index in [4.69, 9.17) is 17.3 Å². The van der Waals surface area contributed by atoms with E-state index < -0.39 is 16.7 Å². The number of hydrogen-bond acceptors (Lipinski definition) is 3. The van der Waals surface area contributed by atoms with Gasteiger partial charge in [-0.15, -0.1) is 0 Å². The zero-order chi connectivity index (χ0) is 16.1. The molecule has 1 heterocycles. The Labute approximate surface area is 139 Å². The number of hydrogen-bond donors (Lipinski definition) is 1. The summed E-state index contributed by atoms with van der Waals surface area (Å²) in [5.41, 5.74) is 6.39. The Morgan fingerprint density at radius 3 is 2.68 bits per heavy atom. The number of primary amides is 1. The largest absolute Gasteiger partial charge is 0.369 e. The molecule has 0 aliphatic carbocycles. The Bertz CT molecular complexity index is 535. The van der Waals surface area contributed by atoms with Gasteiger partial charge in [0.25, 0.3) is 0 Å². The predicted octanol–water partition coefficient (Wildman–Crippen LogP) is 2.00. The maximum absolute atomic E-state index is 12.1. The van der Waals surface area contributed by atoms with Crippen LogP contribution >= 0.6 is 11.6 Å². The second-order valence-corrected chi connectivity index (χ2v) is 7.76. The highest BCUT2D eigenvalue weighted by Crippen LogP contribution is 2.34. The van der Waals surface area contributed by atoms with Crippen molar-refractivity contribution in [3.63, 3.8) is 0 Å². The van der Waals surface area contributed by atoms with Crippen LogP contribution in [0.5, 0.6) is 0 Å². The molecule has 6 heteroatoms. The van der Waals surface area contributed by atoms with E-state index in [1.165, 1.54) is 5.56 Å². The Balaban J connectivity index is 2.12. The van der Waals surface area contributed by atoms with Crippen molar-refractivity contribution in [3.8, 4) is 0 Å². The molecular formula is C16H23ClN2O2S.